The second-order valence-corrected chi connectivity index (χ2v) is 7.07. The molecule has 0 radical (unpaired) electrons. The third-order valence-electron chi connectivity index (χ3n) is 3.52. The Labute approximate surface area is 120 Å². The molecule has 0 bridgehead atoms. The van der Waals surface area contributed by atoms with Crippen molar-refractivity contribution in [3.63, 3.8) is 0 Å². The molecule has 19 heavy (non-hydrogen) atoms. The zero-order valence-electron chi connectivity index (χ0n) is 12.0. The molecule has 2 aliphatic heterocycles. The largest absolute Gasteiger partial charge is 0.364 e. The number of nitrogens with zero attached hydrogens (tertiary/aromatic N) is 2. The number of carbonyl (C=O) groups is 1. The summed E-state index contributed by atoms with van der Waals surface area (Å²) in [6, 6.07) is 0. The molecule has 1 saturated heterocycles. The second kappa shape index (κ2) is 7.17. The van der Waals surface area contributed by atoms with Crippen LogP contribution in [0.2, 0.25) is 0 Å². The molecule has 0 aromatic carbocycles. The number of rotatable bonds is 5. The first-order valence-corrected chi connectivity index (χ1v) is 8.26. The number of carbonyl (C=O) groups excluding carboxylic acids is 1. The van der Waals surface area contributed by atoms with Crippen LogP contribution in [0.25, 0.3) is 0 Å². The SMILES string of the molecule is CC(C)CC1CN=C(NCCC(=O)N2CCCC2)S1. The molecule has 0 spiro atoms. The van der Waals surface area contributed by atoms with Crippen molar-refractivity contribution >= 4 is 22.8 Å². The highest BCUT2D eigenvalue weighted by Crippen LogP contribution is 2.25. The monoisotopic (exact) mass is 283 g/mol. The molecule has 1 fully saturated rings. The van der Waals surface area contributed by atoms with Gasteiger partial charge in [0.25, 0.3) is 0 Å². The molecule has 2 rings (SSSR count). The molecule has 0 aromatic rings. The highest BCUT2D eigenvalue weighted by molar-refractivity contribution is 8.14. The van der Waals surface area contributed by atoms with Crippen LogP contribution in [-0.2, 0) is 4.79 Å². The molecule has 1 unspecified atom stereocenters. The number of hydrogen-bond donors (Lipinski definition) is 1. The van der Waals surface area contributed by atoms with Crippen LogP contribution in [0.15, 0.2) is 4.99 Å². The van der Waals surface area contributed by atoms with Crippen molar-refractivity contribution in [3.05, 3.63) is 0 Å². The van der Waals surface area contributed by atoms with E-state index in [9.17, 15) is 4.79 Å². The van der Waals surface area contributed by atoms with Crippen molar-refractivity contribution in [2.24, 2.45) is 10.9 Å². The molecule has 5 heteroatoms. The highest BCUT2D eigenvalue weighted by atomic mass is 32.2. The van der Waals surface area contributed by atoms with Gasteiger partial charge in [0.1, 0.15) is 0 Å². The minimum absolute atomic E-state index is 0.285. The molecule has 2 aliphatic rings. The molecular formula is C14H25N3OS. The van der Waals surface area contributed by atoms with E-state index in [1.54, 1.807) is 0 Å². The van der Waals surface area contributed by atoms with Gasteiger partial charge in [-0.2, -0.15) is 0 Å². The second-order valence-electron chi connectivity index (χ2n) is 5.78. The van der Waals surface area contributed by atoms with Gasteiger partial charge in [0, 0.05) is 31.3 Å². The maximum absolute atomic E-state index is 11.9. The number of hydrogen-bond acceptors (Lipinski definition) is 4. The van der Waals surface area contributed by atoms with E-state index in [0.717, 1.165) is 37.3 Å². The fourth-order valence-corrected chi connectivity index (χ4v) is 3.84. The topological polar surface area (TPSA) is 44.7 Å². The molecule has 1 atom stereocenters. The lowest BCUT2D eigenvalue weighted by Gasteiger charge is -2.15. The van der Waals surface area contributed by atoms with Crippen molar-refractivity contribution < 1.29 is 4.79 Å². The minimum atomic E-state index is 0.285. The van der Waals surface area contributed by atoms with Crippen LogP contribution in [0.5, 0.6) is 0 Å². The van der Waals surface area contributed by atoms with Crippen molar-refractivity contribution in [2.45, 2.75) is 44.8 Å². The van der Waals surface area contributed by atoms with Gasteiger partial charge in [-0.15, -0.1) is 0 Å². The van der Waals surface area contributed by atoms with Crippen LogP contribution in [0.1, 0.15) is 39.5 Å². The van der Waals surface area contributed by atoms with E-state index >= 15 is 0 Å². The first kappa shape index (κ1) is 14.7. The van der Waals surface area contributed by atoms with Crippen LogP contribution in [0.4, 0.5) is 0 Å². The Morgan fingerprint density at radius 1 is 1.47 bits per heavy atom. The van der Waals surface area contributed by atoms with Crippen LogP contribution in [0, 0.1) is 5.92 Å². The molecule has 2 heterocycles. The van der Waals surface area contributed by atoms with Crippen LogP contribution in [-0.4, -0.2) is 47.4 Å². The number of thioether (sulfide) groups is 1. The molecule has 1 amide bonds. The van der Waals surface area contributed by atoms with E-state index in [2.05, 4.69) is 24.2 Å². The number of aliphatic imine (C=N–C) groups is 1. The molecule has 4 nitrogen and oxygen atoms in total. The maximum atomic E-state index is 11.9. The van der Waals surface area contributed by atoms with Crippen LogP contribution >= 0.6 is 11.8 Å². The Morgan fingerprint density at radius 2 is 2.21 bits per heavy atom. The van der Waals surface area contributed by atoms with Gasteiger partial charge < -0.3 is 10.2 Å². The third kappa shape index (κ3) is 4.71. The van der Waals surface area contributed by atoms with Gasteiger partial charge in [0.05, 0.1) is 6.54 Å². The summed E-state index contributed by atoms with van der Waals surface area (Å²) >= 11 is 1.84. The summed E-state index contributed by atoms with van der Waals surface area (Å²) in [6.45, 7) is 8.04. The van der Waals surface area contributed by atoms with E-state index in [1.165, 1.54) is 19.3 Å². The van der Waals surface area contributed by atoms with Crippen molar-refractivity contribution in [1.29, 1.82) is 0 Å². The molecule has 1 N–H and O–H groups in total. The van der Waals surface area contributed by atoms with E-state index in [1.807, 2.05) is 16.7 Å². The van der Waals surface area contributed by atoms with Gasteiger partial charge in [-0.25, -0.2) is 0 Å². The Morgan fingerprint density at radius 3 is 2.89 bits per heavy atom. The quantitative estimate of drug-likeness (QED) is 0.840. The summed E-state index contributed by atoms with van der Waals surface area (Å²) in [7, 11) is 0. The molecule has 0 aliphatic carbocycles. The fraction of sp³-hybridized carbons (Fsp3) is 0.857. The maximum Gasteiger partial charge on any atom is 0.224 e. The first-order valence-electron chi connectivity index (χ1n) is 7.38. The zero-order valence-corrected chi connectivity index (χ0v) is 12.8. The Hall–Kier alpha value is -0.710. The van der Waals surface area contributed by atoms with E-state index in [-0.39, 0.29) is 5.91 Å². The average molecular weight is 283 g/mol. The highest BCUT2D eigenvalue weighted by Gasteiger charge is 2.21. The Bertz CT molecular complexity index is 338. The van der Waals surface area contributed by atoms with E-state index in [0.29, 0.717) is 11.7 Å². The van der Waals surface area contributed by atoms with Gasteiger partial charge in [-0.05, 0) is 25.2 Å². The lowest BCUT2D eigenvalue weighted by atomic mass is 10.1. The van der Waals surface area contributed by atoms with Crippen molar-refractivity contribution in [1.82, 2.24) is 10.2 Å². The van der Waals surface area contributed by atoms with Gasteiger partial charge in [-0.1, -0.05) is 25.6 Å². The van der Waals surface area contributed by atoms with Gasteiger partial charge >= 0.3 is 0 Å². The van der Waals surface area contributed by atoms with Crippen LogP contribution in [0.3, 0.4) is 0 Å². The average Bonchev–Trinajstić information content (AvgIpc) is 2.99. The third-order valence-corrected chi connectivity index (χ3v) is 4.70. The molecular weight excluding hydrogens is 258 g/mol. The minimum Gasteiger partial charge on any atom is -0.364 e. The summed E-state index contributed by atoms with van der Waals surface area (Å²) in [4.78, 5) is 18.4. The normalized spacial score (nSPS) is 23.0. The van der Waals surface area contributed by atoms with Gasteiger partial charge in [0.15, 0.2) is 5.17 Å². The number of amidine groups is 1. The first-order chi connectivity index (χ1) is 9.15. The summed E-state index contributed by atoms with van der Waals surface area (Å²) in [5.74, 6) is 1.01. The predicted octanol–water partition coefficient (Wildman–Crippen LogP) is 2.11. The van der Waals surface area contributed by atoms with Gasteiger partial charge in [-0.3, -0.25) is 9.79 Å². The van der Waals surface area contributed by atoms with Gasteiger partial charge in [0.2, 0.25) is 5.91 Å². The Balaban J connectivity index is 1.60. The Kier molecular flexibility index (Phi) is 5.55. The zero-order chi connectivity index (χ0) is 13.7. The molecule has 108 valence electrons. The number of likely N-dealkylation sites (tertiary alicyclic amines) is 1. The molecule has 0 saturated carbocycles. The predicted molar refractivity (Wildman–Crippen MR) is 81.6 cm³/mol. The summed E-state index contributed by atoms with van der Waals surface area (Å²) in [5.41, 5.74) is 0. The number of nitrogens with one attached hydrogen (secondary N) is 1. The smallest absolute Gasteiger partial charge is 0.224 e. The van der Waals surface area contributed by atoms with Crippen molar-refractivity contribution in [2.75, 3.05) is 26.2 Å². The molecule has 0 aromatic heterocycles. The lowest BCUT2D eigenvalue weighted by molar-refractivity contribution is -0.129. The fourth-order valence-electron chi connectivity index (χ4n) is 2.56. The van der Waals surface area contributed by atoms with E-state index < -0.39 is 0 Å². The lowest BCUT2D eigenvalue weighted by Crippen LogP contribution is -2.31. The van der Waals surface area contributed by atoms with E-state index in [4.69, 9.17) is 0 Å². The summed E-state index contributed by atoms with van der Waals surface area (Å²) in [5, 5.41) is 4.95. The standard InChI is InChI=1S/C14H25N3OS/c1-11(2)9-12-10-16-14(19-12)15-6-5-13(18)17-7-3-4-8-17/h11-12H,3-10H2,1-2H3,(H,15,16). The van der Waals surface area contributed by atoms with Crippen LogP contribution < -0.4 is 5.32 Å². The summed E-state index contributed by atoms with van der Waals surface area (Å²) in [6.07, 6.45) is 4.14. The summed E-state index contributed by atoms with van der Waals surface area (Å²) < 4.78 is 0. The van der Waals surface area contributed by atoms with Crippen molar-refractivity contribution in [3.8, 4) is 0 Å². The number of amides is 1.